The second kappa shape index (κ2) is 14.9. The summed E-state index contributed by atoms with van der Waals surface area (Å²) in [6.07, 6.45) is 2.43. The molecule has 2 fully saturated rings. The van der Waals surface area contributed by atoms with Crippen molar-refractivity contribution >= 4 is 35.2 Å². The predicted molar refractivity (Wildman–Crippen MR) is 172 cm³/mol. The highest BCUT2D eigenvalue weighted by Crippen LogP contribution is 2.35. The summed E-state index contributed by atoms with van der Waals surface area (Å²) in [5, 5.41) is 16.4. The van der Waals surface area contributed by atoms with Gasteiger partial charge in [0.2, 0.25) is 11.8 Å². The van der Waals surface area contributed by atoms with Crippen LogP contribution >= 0.6 is 11.6 Å². The number of piperidine rings is 1. The Hall–Kier alpha value is -4.20. The van der Waals surface area contributed by atoms with Gasteiger partial charge in [-0.15, -0.1) is 0 Å². The van der Waals surface area contributed by atoms with E-state index in [1.807, 2.05) is 0 Å². The molecule has 3 atom stereocenters. The predicted octanol–water partition coefficient (Wildman–Crippen LogP) is 5.20. The topological polar surface area (TPSA) is 124 Å². The zero-order chi connectivity index (χ0) is 34.6. The van der Waals surface area contributed by atoms with Gasteiger partial charge in [0.1, 0.15) is 23.5 Å². The number of ether oxygens (including phenoxy) is 1. The molecule has 1 spiro atoms. The van der Waals surface area contributed by atoms with E-state index < -0.39 is 47.0 Å². The van der Waals surface area contributed by atoms with Crippen molar-refractivity contribution in [2.75, 3.05) is 38.5 Å². The van der Waals surface area contributed by atoms with Crippen LogP contribution in [0.4, 0.5) is 23.7 Å². The molecular formula is C34H37ClF3N5O5. The molecule has 48 heavy (non-hydrogen) atoms. The lowest BCUT2D eigenvalue weighted by atomic mass is 9.83. The minimum absolute atomic E-state index is 0.00526. The number of pyridine rings is 1. The lowest BCUT2D eigenvalue weighted by molar-refractivity contribution is -0.153. The van der Waals surface area contributed by atoms with E-state index in [4.69, 9.17) is 16.3 Å². The molecule has 0 aliphatic carbocycles. The fourth-order valence-corrected chi connectivity index (χ4v) is 6.70. The number of nitrogens with zero attached hydrogens (tertiary/aromatic N) is 3. The molecule has 2 aliphatic heterocycles. The maximum absolute atomic E-state index is 15.3. The van der Waals surface area contributed by atoms with Gasteiger partial charge in [0, 0.05) is 62.7 Å². The number of hydrogen-bond donors (Lipinski definition) is 3. The largest absolute Gasteiger partial charge is 0.465 e. The molecule has 256 valence electrons. The van der Waals surface area contributed by atoms with Crippen LogP contribution in [0.15, 0.2) is 54.9 Å². The Kier molecular flexibility index (Phi) is 10.9. The summed E-state index contributed by atoms with van der Waals surface area (Å²) >= 11 is 6.08. The molecule has 5 rings (SSSR count). The Morgan fingerprint density at radius 2 is 1.77 bits per heavy atom. The molecule has 0 radical (unpaired) electrons. The minimum atomic E-state index is -1.56. The van der Waals surface area contributed by atoms with Gasteiger partial charge in [0.05, 0.1) is 29.8 Å². The molecule has 3 amide bonds. The van der Waals surface area contributed by atoms with Gasteiger partial charge in [-0.3, -0.25) is 19.5 Å². The Balaban J connectivity index is 1.40. The standard InChI is InChI=1S/C34H37ClF3N5O5/c1-20(44)43-11-9-34(10-12-43)19-40-16-26(48-34)7-8-27-28(38)17-39-18-29(27)41-32(45)31(42(2)33(46)47)30(21-3-5-23(35)6-4-21)22-13-24(36)15-25(37)14-22/h3-6,13-15,17-18,26,30-31,40H,7-12,16,19H2,1-2H3,(H,41,45)(H,46,47)/t26-,30+,31+/m1/s1. The number of hydrogen-bond acceptors (Lipinski definition) is 6. The lowest BCUT2D eigenvalue weighted by Crippen LogP contribution is -2.58. The number of amides is 3. The number of halogens is 4. The third-order valence-corrected chi connectivity index (χ3v) is 9.36. The number of carboxylic acid groups (broad SMARTS) is 1. The van der Waals surface area contributed by atoms with Gasteiger partial charge < -0.3 is 25.4 Å². The number of likely N-dealkylation sites (tertiary alicyclic amines) is 1. The van der Waals surface area contributed by atoms with E-state index in [1.54, 1.807) is 11.8 Å². The van der Waals surface area contributed by atoms with Crippen molar-refractivity contribution in [3.8, 4) is 0 Å². The molecule has 1 aromatic heterocycles. The third kappa shape index (κ3) is 8.08. The highest BCUT2D eigenvalue weighted by molar-refractivity contribution is 6.30. The zero-order valence-electron chi connectivity index (χ0n) is 26.5. The van der Waals surface area contributed by atoms with Crippen LogP contribution in [0.1, 0.15) is 48.8 Å². The number of aromatic nitrogens is 1. The van der Waals surface area contributed by atoms with E-state index in [2.05, 4.69) is 15.6 Å². The van der Waals surface area contributed by atoms with Gasteiger partial charge in [-0.05, 0) is 61.1 Å². The highest BCUT2D eigenvalue weighted by Gasteiger charge is 2.41. The van der Waals surface area contributed by atoms with Gasteiger partial charge in [-0.2, -0.15) is 0 Å². The maximum atomic E-state index is 15.3. The molecule has 14 heteroatoms. The van der Waals surface area contributed by atoms with Crippen LogP contribution in [0.5, 0.6) is 0 Å². The maximum Gasteiger partial charge on any atom is 0.407 e. The number of likely N-dealkylation sites (N-methyl/N-ethyl adjacent to an activating group) is 1. The van der Waals surface area contributed by atoms with Crippen molar-refractivity contribution in [3.05, 3.63) is 94.0 Å². The van der Waals surface area contributed by atoms with Crippen LogP contribution in [0, 0.1) is 17.5 Å². The van der Waals surface area contributed by atoms with Crippen LogP contribution in [0.25, 0.3) is 0 Å². The first kappa shape index (κ1) is 35.1. The second-order valence-electron chi connectivity index (χ2n) is 12.3. The van der Waals surface area contributed by atoms with Crippen LogP contribution in [0.3, 0.4) is 0 Å². The molecular weight excluding hydrogens is 651 g/mol. The highest BCUT2D eigenvalue weighted by atomic mass is 35.5. The van der Waals surface area contributed by atoms with Gasteiger partial charge in [-0.1, -0.05) is 23.7 Å². The molecule has 2 aliphatic rings. The Morgan fingerprint density at radius 1 is 1.10 bits per heavy atom. The van der Waals surface area contributed by atoms with Crippen LogP contribution in [-0.4, -0.2) is 88.8 Å². The van der Waals surface area contributed by atoms with Crippen molar-refractivity contribution in [2.24, 2.45) is 0 Å². The average Bonchev–Trinajstić information content (AvgIpc) is 3.03. The Bertz CT molecular complexity index is 1630. The average molecular weight is 688 g/mol. The molecule has 2 saturated heterocycles. The second-order valence-corrected chi connectivity index (χ2v) is 12.7. The summed E-state index contributed by atoms with van der Waals surface area (Å²) in [6.45, 7) is 3.89. The molecule has 3 N–H and O–H groups in total. The summed E-state index contributed by atoms with van der Waals surface area (Å²) < 4.78 is 50.8. The van der Waals surface area contributed by atoms with Crippen molar-refractivity contribution < 1.29 is 37.4 Å². The fourth-order valence-electron chi connectivity index (χ4n) is 6.57. The summed E-state index contributed by atoms with van der Waals surface area (Å²) in [4.78, 5) is 44.6. The molecule has 3 heterocycles. The number of carbonyl (C=O) groups excluding carboxylic acids is 2. The van der Waals surface area contributed by atoms with E-state index in [1.165, 1.54) is 37.5 Å². The van der Waals surface area contributed by atoms with Gasteiger partial charge in [0.15, 0.2) is 0 Å². The van der Waals surface area contributed by atoms with Crippen molar-refractivity contribution in [1.29, 1.82) is 0 Å². The van der Waals surface area contributed by atoms with Gasteiger partial charge in [-0.25, -0.2) is 18.0 Å². The molecule has 0 unspecified atom stereocenters. The van der Waals surface area contributed by atoms with Crippen LogP contribution in [0.2, 0.25) is 5.02 Å². The first-order valence-electron chi connectivity index (χ1n) is 15.6. The minimum Gasteiger partial charge on any atom is -0.465 e. The molecule has 2 aromatic carbocycles. The van der Waals surface area contributed by atoms with Crippen LogP contribution < -0.4 is 10.6 Å². The molecule has 10 nitrogen and oxygen atoms in total. The quantitative estimate of drug-likeness (QED) is 0.283. The zero-order valence-corrected chi connectivity index (χ0v) is 27.3. The van der Waals surface area contributed by atoms with E-state index in [0.717, 1.165) is 23.2 Å². The number of nitrogens with one attached hydrogen (secondary N) is 2. The Labute approximate surface area is 281 Å². The summed E-state index contributed by atoms with van der Waals surface area (Å²) in [7, 11) is 1.17. The molecule has 3 aromatic rings. The number of morpholine rings is 1. The van der Waals surface area contributed by atoms with E-state index in [9.17, 15) is 28.3 Å². The normalized spacial score (nSPS) is 18.6. The number of rotatable bonds is 9. The van der Waals surface area contributed by atoms with Gasteiger partial charge >= 0.3 is 6.09 Å². The summed E-state index contributed by atoms with van der Waals surface area (Å²) in [6, 6.07) is 7.28. The molecule has 0 bridgehead atoms. The number of benzene rings is 2. The molecule has 0 saturated carbocycles. The van der Waals surface area contributed by atoms with Gasteiger partial charge in [0.25, 0.3) is 0 Å². The van der Waals surface area contributed by atoms with E-state index >= 15 is 4.39 Å². The number of carbonyl (C=O) groups is 3. The first-order valence-corrected chi connectivity index (χ1v) is 16.0. The van der Waals surface area contributed by atoms with E-state index in [-0.39, 0.29) is 35.2 Å². The number of anilines is 1. The smallest absolute Gasteiger partial charge is 0.407 e. The van der Waals surface area contributed by atoms with Crippen LogP contribution in [-0.2, 0) is 20.7 Å². The third-order valence-electron chi connectivity index (χ3n) is 9.11. The van der Waals surface area contributed by atoms with E-state index in [0.29, 0.717) is 62.1 Å². The Morgan fingerprint density at radius 3 is 2.40 bits per heavy atom. The van der Waals surface area contributed by atoms with Crippen molar-refractivity contribution in [1.82, 2.24) is 20.1 Å². The van der Waals surface area contributed by atoms with Crippen molar-refractivity contribution in [3.63, 3.8) is 0 Å². The monoisotopic (exact) mass is 687 g/mol. The fraction of sp³-hybridized carbons (Fsp3) is 0.412. The first-order chi connectivity index (χ1) is 22.9. The summed E-state index contributed by atoms with van der Waals surface area (Å²) in [5.41, 5.74) is 0.0949. The van der Waals surface area contributed by atoms with Crippen molar-refractivity contribution in [2.45, 2.75) is 56.3 Å². The summed E-state index contributed by atoms with van der Waals surface area (Å²) in [5.74, 6) is -4.54. The SMILES string of the molecule is CC(=O)N1CCC2(CC1)CNC[C@@H](CCc1c(F)cncc1NC(=O)[C@H]([C@@H](c1ccc(Cl)cc1)c1cc(F)cc(F)c1)N(C)C(=O)O)O2. The lowest BCUT2D eigenvalue weighted by Gasteiger charge is -2.46.